The minimum Gasteiger partial charge on any atom is -0.311 e. The van der Waals surface area contributed by atoms with Gasteiger partial charge in [-0.25, -0.2) is 4.98 Å². The van der Waals surface area contributed by atoms with Crippen molar-refractivity contribution < 1.29 is 0 Å². The topological polar surface area (TPSA) is 16.1 Å². The zero-order chi connectivity index (χ0) is 48.9. The molecular formula is C71H58N2. The van der Waals surface area contributed by atoms with Gasteiger partial charge < -0.3 is 4.90 Å². The van der Waals surface area contributed by atoms with Gasteiger partial charge in [-0.1, -0.05) is 245 Å². The molecule has 0 radical (unpaired) electrons. The summed E-state index contributed by atoms with van der Waals surface area (Å²) in [6, 6.07) is 91.0. The first-order chi connectivity index (χ1) is 36.2. The second-order valence-electron chi connectivity index (χ2n) is 19.5. The number of rotatable bonds is 15. The number of anilines is 3. The molecule has 0 spiro atoms. The van der Waals surface area contributed by atoms with Crippen LogP contribution in [-0.4, -0.2) is 4.98 Å². The van der Waals surface area contributed by atoms with Crippen LogP contribution in [0.15, 0.2) is 249 Å². The lowest BCUT2D eigenvalue weighted by Gasteiger charge is -2.25. The summed E-state index contributed by atoms with van der Waals surface area (Å²) in [6.07, 6.45) is 8.92. The van der Waals surface area contributed by atoms with E-state index in [1.807, 2.05) is 0 Å². The fourth-order valence-corrected chi connectivity index (χ4v) is 11.2. The van der Waals surface area contributed by atoms with Crippen LogP contribution < -0.4 is 4.90 Å². The highest BCUT2D eigenvalue weighted by molar-refractivity contribution is 6.23. The van der Waals surface area contributed by atoms with Gasteiger partial charge in [0.15, 0.2) is 0 Å². The van der Waals surface area contributed by atoms with Crippen molar-refractivity contribution >= 4 is 60.3 Å². The molecular weight excluding hydrogens is 881 g/mol. The zero-order valence-corrected chi connectivity index (χ0v) is 41.5. The number of hydrogen-bond donors (Lipinski definition) is 0. The molecule has 0 N–H and O–H groups in total. The van der Waals surface area contributed by atoms with Gasteiger partial charge in [0.1, 0.15) is 0 Å². The summed E-state index contributed by atoms with van der Waals surface area (Å²) in [5, 5.41) is 8.65. The van der Waals surface area contributed by atoms with E-state index < -0.39 is 0 Å². The molecule has 0 saturated heterocycles. The summed E-state index contributed by atoms with van der Waals surface area (Å²) in [4.78, 5) is 7.90. The molecule has 0 atom stereocenters. The Labute approximate surface area is 429 Å². The molecule has 11 aromatic carbocycles. The highest BCUT2D eigenvalue weighted by Crippen LogP contribution is 2.46. The molecule has 0 aliphatic rings. The summed E-state index contributed by atoms with van der Waals surface area (Å²) in [6.45, 7) is 2.28. The van der Waals surface area contributed by atoms with Crippen molar-refractivity contribution in [1.82, 2.24) is 4.98 Å². The van der Waals surface area contributed by atoms with E-state index in [0.29, 0.717) is 0 Å². The Balaban J connectivity index is 0.959. The number of pyridine rings is 1. The Morgan fingerprint density at radius 3 is 1.45 bits per heavy atom. The van der Waals surface area contributed by atoms with E-state index in [0.717, 1.165) is 67.9 Å². The Bertz CT molecular complexity index is 3760. The largest absolute Gasteiger partial charge is 0.311 e. The predicted molar refractivity (Wildman–Crippen MR) is 313 cm³/mol. The minimum absolute atomic E-state index is 0.973. The number of fused-ring (bicyclic) bond motifs is 4. The number of benzene rings is 11. The smallest absolute Gasteiger partial charge is 0.0794 e. The maximum Gasteiger partial charge on any atom is 0.0794 e. The van der Waals surface area contributed by atoms with Gasteiger partial charge in [-0.15, -0.1) is 0 Å². The van der Waals surface area contributed by atoms with Crippen LogP contribution in [0.2, 0.25) is 0 Å². The third-order valence-corrected chi connectivity index (χ3v) is 14.8. The van der Waals surface area contributed by atoms with Gasteiger partial charge in [0.05, 0.1) is 11.2 Å². The Hall–Kier alpha value is -8.59. The van der Waals surface area contributed by atoms with Crippen LogP contribution in [0.5, 0.6) is 0 Å². The number of para-hydroxylation sites is 3. The van der Waals surface area contributed by atoms with Gasteiger partial charge in [-0.3, -0.25) is 0 Å². The van der Waals surface area contributed by atoms with Crippen molar-refractivity contribution in [3.63, 3.8) is 0 Å². The predicted octanol–water partition coefficient (Wildman–Crippen LogP) is 20.4. The molecule has 0 unspecified atom stereocenters. The molecule has 12 aromatic rings. The average Bonchev–Trinajstić information content (AvgIpc) is 3.46. The molecule has 2 nitrogen and oxygen atoms in total. The SMILES string of the molecule is CCCCCCCCc1ccc(-c2cc(-c3ccc(N(c4ccccc4)c4ccccc4)cc3)c3cccc(-c4ccc(-c5c6ccccc6c(-c6cccc7ccccc67)c6ccccc56)cc4)c3n2)cc1. The molecule has 12 rings (SSSR count). The second kappa shape index (κ2) is 20.6. The Kier molecular flexibility index (Phi) is 12.9. The lowest BCUT2D eigenvalue weighted by molar-refractivity contribution is 0.607. The molecule has 0 amide bonds. The molecule has 2 heteroatoms. The molecule has 0 saturated carbocycles. The van der Waals surface area contributed by atoms with Gasteiger partial charge in [0, 0.05) is 33.6 Å². The van der Waals surface area contributed by atoms with E-state index in [9.17, 15) is 0 Å². The normalized spacial score (nSPS) is 11.5. The summed E-state index contributed by atoms with van der Waals surface area (Å²) < 4.78 is 0. The second-order valence-corrected chi connectivity index (χ2v) is 19.5. The van der Waals surface area contributed by atoms with Crippen molar-refractivity contribution in [3.8, 4) is 55.8 Å². The van der Waals surface area contributed by atoms with E-state index in [4.69, 9.17) is 4.98 Å². The summed E-state index contributed by atoms with van der Waals surface area (Å²) >= 11 is 0. The Morgan fingerprint density at radius 1 is 0.329 bits per heavy atom. The van der Waals surface area contributed by atoms with Crippen molar-refractivity contribution in [3.05, 3.63) is 254 Å². The summed E-state index contributed by atoms with van der Waals surface area (Å²) in [7, 11) is 0. The molecule has 0 bridgehead atoms. The van der Waals surface area contributed by atoms with Crippen LogP contribution in [0.3, 0.4) is 0 Å². The zero-order valence-electron chi connectivity index (χ0n) is 41.5. The van der Waals surface area contributed by atoms with Crippen LogP contribution in [0.1, 0.15) is 51.0 Å². The summed E-state index contributed by atoms with van der Waals surface area (Å²) in [5.41, 5.74) is 17.4. The fraction of sp³-hybridized carbons (Fsp3) is 0.113. The fourth-order valence-electron chi connectivity index (χ4n) is 11.2. The first-order valence-electron chi connectivity index (χ1n) is 26.3. The standard InChI is InChI=1S/C71H58N2/c1-2-3-4-5-6-9-22-50-37-39-54(40-38-50)68-49-67(53-45-47-58(48-46-53)73(56-25-10-7-11-26-56)57-27-12-8-13-28-57)66-36-21-34-60(71(66)72-68)52-41-43-55(44-42-52)69-62-30-16-18-32-64(62)70(65-33-19-17-31-63(65)69)61-35-20-24-51-23-14-15-29-59(51)61/h7-8,10-21,23-49H,2-6,9,22H2,1H3. The monoisotopic (exact) mass is 938 g/mol. The third kappa shape index (κ3) is 9.07. The lowest BCUT2D eigenvalue weighted by atomic mass is 9.84. The Morgan fingerprint density at radius 2 is 0.795 bits per heavy atom. The highest BCUT2D eigenvalue weighted by atomic mass is 15.1. The maximum atomic E-state index is 5.58. The molecule has 0 aliphatic heterocycles. The first-order valence-corrected chi connectivity index (χ1v) is 26.3. The van der Waals surface area contributed by atoms with E-state index in [1.54, 1.807) is 0 Å². The minimum atomic E-state index is 0.973. The summed E-state index contributed by atoms with van der Waals surface area (Å²) in [5.74, 6) is 0. The first kappa shape index (κ1) is 45.5. The third-order valence-electron chi connectivity index (χ3n) is 14.8. The van der Waals surface area contributed by atoms with Crippen molar-refractivity contribution in [2.75, 3.05) is 4.90 Å². The van der Waals surface area contributed by atoms with E-state index in [-0.39, 0.29) is 0 Å². The number of unbranched alkanes of at least 4 members (excludes halogenated alkanes) is 5. The van der Waals surface area contributed by atoms with Crippen molar-refractivity contribution in [1.29, 1.82) is 0 Å². The lowest BCUT2D eigenvalue weighted by Crippen LogP contribution is -2.09. The van der Waals surface area contributed by atoms with Gasteiger partial charge in [-0.05, 0) is 132 Å². The van der Waals surface area contributed by atoms with Crippen LogP contribution in [0, 0.1) is 0 Å². The number of aryl methyl sites for hydroxylation is 1. The van der Waals surface area contributed by atoms with E-state index in [1.165, 1.54) is 98.7 Å². The van der Waals surface area contributed by atoms with E-state index >= 15 is 0 Å². The van der Waals surface area contributed by atoms with Gasteiger partial charge in [0.2, 0.25) is 0 Å². The molecule has 1 aromatic heterocycles. The van der Waals surface area contributed by atoms with Gasteiger partial charge in [0.25, 0.3) is 0 Å². The van der Waals surface area contributed by atoms with Crippen molar-refractivity contribution in [2.45, 2.75) is 51.9 Å². The molecule has 0 fully saturated rings. The molecule has 73 heavy (non-hydrogen) atoms. The van der Waals surface area contributed by atoms with Crippen LogP contribution in [-0.2, 0) is 6.42 Å². The number of nitrogens with zero attached hydrogens (tertiary/aromatic N) is 2. The maximum absolute atomic E-state index is 5.58. The van der Waals surface area contributed by atoms with Gasteiger partial charge >= 0.3 is 0 Å². The number of hydrogen-bond acceptors (Lipinski definition) is 2. The molecule has 0 aliphatic carbocycles. The van der Waals surface area contributed by atoms with Gasteiger partial charge in [-0.2, -0.15) is 0 Å². The molecule has 352 valence electrons. The van der Waals surface area contributed by atoms with Crippen LogP contribution in [0.25, 0.3) is 99.0 Å². The van der Waals surface area contributed by atoms with Crippen LogP contribution in [0.4, 0.5) is 17.1 Å². The van der Waals surface area contributed by atoms with E-state index in [2.05, 4.69) is 261 Å². The van der Waals surface area contributed by atoms with Crippen LogP contribution >= 0.6 is 0 Å². The quantitative estimate of drug-likeness (QED) is 0.0752. The average molecular weight is 939 g/mol. The molecule has 1 heterocycles. The van der Waals surface area contributed by atoms with Crippen molar-refractivity contribution in [2.24, 2.45) is 0 Å². The highest BCUT2D eigenvalue weighted by Gasteiger charge is 2.20. The number of aromatic nitrogens is 1.